The van der Waals surface area contributed by atoms with Crippen molar-refractivity contribution in [3.63, 3.8) is 0 Å². The highest BCUT2D eigenvalue weighted by molar-refractivity contribution is 5.84. The lowest BCUT2D eigenvalue weighted by atomic mass is 9.73. The summed E-state index contributed by atoms with van der Waals surface area (Å²) in [5.74, 6) is -3.08. The maximum atomic E-state index is 11.4. The fourth-order valence-electron chi connectivity index (χ4n) is 2.96. The van der Waals surface area contributed by atoms with E-state index < -0.39 is 29.4 Å². The molecular formula is C9H9O5-. The molecule has 0 aromatic rings. The van der Waals surface area contributed by atoms with Crippen molar-refractivity contribution < 1.29 is 24.2 Å². The molecule has 3 heterocycles. The summed E-state index contributed by atoms with van der Waals surface area (Å²) in [6.07, 6.45) is 1.06. The van der Waals surface area contributed by atoms with Gasteiger partial charge in [0.15, 0.2) is 0 Å². The highest BCUT2D eigenvalue weighted by Crippen LogP contribution is 2.54. The Bertz CT molecular complexity index is 325. The Kier molecular flexibility index (Phi) is 1.34. The van der Waals surface area contributed by atoms with E-state index in [4.69, 9.17) is 9.47 Å². The third kappa shape index (κ3) is 0.744. The summed E-state index contributed by atoms with van der Waals surface area (Å²) in [5, 5.41) is 10.9. The van der Waals surface area contributed by atoms with Gasteiger partial charge in [-0.3, -0.25) is 4.79 Å². The Morgan fingerprint density at radius 3 is 3.07 bits per heavy atom. The van der Waals surface area contributed by atoms with Crippen LogP contribution in [0.5, 0.6) is 0 Å². The van der Waals surface area contributed by atoms with Crippen molar-refractivity contribution in [1.29, 1.82) is 0 Å². The number of hydrogen-bond acceptors (Lipinski definition) is 5. The van der Waals surface area contributed by atoms with E-state index in [1.807, 2.05) is 0 Å². The molecule has 4 unspecified atom stereocenters. The first kappa shape index (κ1) is 8.23. The normalized spacial score (nSPS) is 49.1. The van der Waals surface area contributed by atoms with Crippen LogP contribution < -0.4 is 5.11 Å². The number of fused-ring (bicyclic) bond motifs is 1. The van der Waals surface area contributed by atoms with Gasteiger partial charge in [0.2, 0.25) is 0 Å². The van der Waals surface area contributed by atoms with Gasteiger partial charge < -0.3 is 19.4 Å². The van der Waals surface area contributed by atoms with Crippen LogP contribution in [0.1, 0.15) is 12.8 Å². The summed E-state index contributed by atoms with van der Waals surface area (Å²) in [5.41, 5.74) is -0.646. The van der Waals surface area contributed by atoms with Gasteiger partial charge in [-0.2, -0.15) is 0 Å². The van der Waals surface area contributed by atoms with Crippen LogP contribution >= 0.6 is 0 Å². The van der Waals surface area contributed by atoms with Gasteiger partial charge in [0.05, 0.1) is 12.0 Å². The predicted octanol–water partition coefficient (Wildman–Crippen LogP) is -1.54. The largest absolute Gasteiger partial charge is 0.550 e. The number of hydrogen-bond donors (Lipinski definition) is 0. The van der Waals surface area contributed by atoms with Crippen LogP contribution in [0.4, 0.5) is 0 Å². The van der Waals surface area contributed by atoms with Gasteiger partial charge in [0, 0.05) is 11.9 Å². The number of carboxylic acid groups (broad SMARTS) is 1. The first-order chi connectivity index (χ1) is 6.64. The summed E-state index contributed by atoms with van der Waals surface area (Å²) in [7, 11) is 0. The molecule has 0 saturated carbocycles. The molecule has 76 valence electrons. The van der Waals surface area contributed by atoms with E-state index in [2.05, 4.69) is 0 Å². The van der Waals surface area contributed by atoms with Gasteiger partial charge in [-0.05, 0) is 12.8 Å². The van der Waals surface area contributed by atoms with Crippen LogP contribution in [0, 0.1) is 11.8 Å². The van der Waals surface area contributed by atoms with Crippen LogP contribution in [0.2, 0.25) is 0 Å². The molecular weight excluding hydrogens is 188 g/mol. The number of esters is 1. The lowest BCUT2D eigenvalue weighted by Gasteiger charge is -2.26. The second kappa shape index (κ2) is 2.28. The van der Waals surface area contributed by atoms with E-state index in [-0.39, 0.29) is 12.7 Å². The summed E-state index contributed by atoms with van der Waals surface area (Å²) < 4.78 is 10.4. The molecule has 5 nitrogen and oxygen atoms in total. The standard InChI is InChI=1S/C9H10O5/c10-7(11)5-4-1-2-9(14-4)3-13-8(12)6(5)9/h4-6H,1-3H2,(H,10,11)/p-1. The van der Waals surface area contributed by atoms with Crippen molar-refractivity contribution in [2.75, 3.05) is 6.61 Å². The van der Waals surface area contributed by atoms with Crippen LogP contribution in [0.25, 0.3) is 0 Å². The molecule has 0 aromatic heterocycles. The number of aliphatic carboxylic acids is 1. The SMILES string of the molecule is O=C([O-])C1C2CCC3(COC(=O)C13)O2. The number of carboxylic acids is 1. The van der Waals surface area contributed by atoms with Crippen molar-refractivity contribution >= 4 is 11.9 Å². The Morgan fingerprint density at radius 2 is 2.36 bits per heavy atom. The Morgan fingerprint density at radius 1 is 1.57 bits per heavy atom. The highest BCUT2D eigenvalue weighted by atomic mass is 16.6. The van der Waals surface area contributed by atoms with Gasteiger partial charge in [-0.1, -0.05) is 0 Å². The third-order valence-electron chi connectivity index (χ3n) is 3.55. The molecule has 4 atom stereocenters. The van der Waals surface area contributed by atoms with Gasteiger partial charge in [0.1, 0.15) is 12.2 Å². The molecule has 3 saturated heterocycles. The van der Waals surface area contributed by atoms with Gasteiger partial charge >= 0.3 is 5.97 Å². The maximum Gasteiger partial charge on any atom is 0.312 e. The molecule has 0 aliphatic carbocycles. The second-order valence-corrected chi connectivity index (χ2v) is 4.19. The van der Waals surface area contributed by atoms with E-state index in [1.165, 1.54) is 0 Å². The predicted molar refractivity (Wildman–Crippen MR) is 39.8 cm³/mol. The number of rotatable bonds is 1. The zero-order valence-corrected chi connectivity index (χ0v) is 7.39. The second-order valence-electron chi connectivity index (χ2n) is 4.19. The summed E-state index contributed by atoms with van der Waals surface area (Å²) >= 11 is 0. The molecule has 3 fully saturated rings. The molecule has 3 aliphatic rings. The third-order valence-corrected chi connectivity index (χ3v) is 3.55. The first-order valence-electron chi connectivity index (χ1n) is 4.69. The van der Waals surface area contributed by atoms with Crippen LogP contribution in [0.15, 0.2) is 0 Å². The summed E-state index contributed by atoms with van der Waals surface area (Å²) in [6, 6.07) is 0. The zero-order chi connectivity index (χ0) is 9.92. The minimum absolute atomic E-state index is 0.205. The minimum atomic E-state index is -1.19. The summed E-state index contributed by atoms with van der Waals surface area (Å²) in [6.45, 7) is 0.205. The van der Waals surface area contributed by atoms with Crippen LogP contribution in [-0.4, -0.2) is 30.3 Å². The number of cyclic esters (lactones) is 1. The molecule has 1 spiro atoms. The molecule has 3 rings (SSSR count). The van der Waals surface area contributed by atoms with E-state index in [9.17, 15) is 14.7 Å². The van der Waals surface area contributed by atoms with Gasteiger partial charge in [-0.15, -0.1) is 0 Å². The molecule has 5 heteroatoms. The summed E-state index contributed by atoms with van der Waals surface area (Å²) in [4.78, 5) is 22.2. The highest BCUT2D eigenvalue weighted by Gasteiger charge is 2.66. The number of carbonyl (C=O) groups excluding carboxylic acids is 2. The van der Waals surface area contributed by atoms with Crippen molar-refractivity contribution in [3.05, 3.63) is 0 Å². The van der Waals surface area contributed by atoms with Crippen molar-refractivity contribution in [1.82, 2.24) is 0 Å². The van der Waals surface area contributed by atoms with E-state index >= 15 is 0 Å². The number of carbonyl (C=O) groups is 2. The molecule has 14 heavy (non-hydrogen) atoms. The monoisotopic (exact) mass is 197 g/mol. The molecule has 3 aliphatic heterocycles. The fraction of sp³-hybridized carbons (Fsp3) is 0.778. The lowest BCUT2D eigenvalue weighted by Crippen LogP contribution is -2.46. The Balaban J connectivity index is 2.03. The van der Waals surface area contributed by atoms with Gasteiger partial charge in [0.25, 0.3) is 0 Å². The maximum absolute atomic E-state index is 11.4. The lowest BCUT2D eigenvalue weighted by molar-refractivity contribution is -0.314. The van der Waals surface area contributed by atoms with Gasteiger partial charge in [-0.25, -0.2) is 0 Å². The van der Waals surface area contributed by atoms with E-state index in [1.54, 1.807) is 0 Å². The van der Waals surface area contributed by atoms with Crippen LogP contribution in [-0.2, 0) is 19.1 Å². The molecule has 2 bridgehead atoms. The average molecular weight is 197 g/mol. The van der Waals surface area contributed by atoms with Crippen molar-refractivity contribution in [3.8, 4) is 0 Å². The van der Waals surface area contributed by atoms with E-state index in [0.717, 1.165) is 6.42 Å². The fourth-order valence-corrected chi connectivity index (χ4v) is 2.96. The zero-order valence-electron chi connectivity index (χ0n) is 7.39. The Hall–Kier alpha value is -1.10. The quantitative estimate of drug-likeness (QED) is 0.476. The smallest absolute Gasteiger partial charge is 0.312 e. The first-order valence-corrected chi connectivity index (χ1v) is 4.69. The molecule has 0 amide bonds. The molecule has 0 aromatic carbocycles. The number of ether oxygens (including phenoxy) is 2. The van der Waals surface area contributed by atoms with Crippen LogP contribution in [0.3, 0.4) is 0 Å². The van der Waals surface area contributed by atoms with Crippen molar-refractivity contribution in [2.45, 2.75) is 24.5 Å². The molecule has 0 N–H and O–H groups in total. The Labute approximate surface area is 80.0 Å². The molecule has 0 radical (unpaired) electrons. The average Bonchev–Trinajstić information content (AvgIpc) is 2.75. The van der Waals surface area contributed by atoms with E-state index in [0.29, 0.717) is 6.42 Å². The van der Waals surface area contributed by atoms with Crippen molar-refractivity contribution in [2.24, 2.45) is 11.8 Å². The minimum Gasteiger partial charge on any atom is -0.550 e. The topological polar surface area (TPSA) is 75.7 Å².